The van der Waals surface area contributed by atoms with Crippen LogP contribution < -0.4 is 5.73 Å². The van der Waals surface area contributed by atoms with Gasteiger partial charge in [-0.25, -0.2) is 0 Å². The molecule has 0 saturated heterocycles. The zero-order valence-electron chi connectivity index (χ0n) is 3.68. The number of nitrogens with two attached hydrogens (primary N) is 1. The summed E-state index contributed by atoms with van der Waals surface area (Å²) in [5, 5.41) is 14.4. The maximum atomic E-state index is 7.98. The van der Waals surface area contributed by atoms with E-state index in [0.29, 0.717) is 0 Å². The molecule has 36 valence electrons. The second-order valence-corrected chi connectivity index (χ2v) is 0.878. The molecule has 0 aromatic rings. The molecule has 0 rings (SSSR count). The molecule has 0 amide bonds. The predicted molar refractivity (Wildman–Crippen MR) is 26.7 cm³/mol. The minimum absolute atomic E-state index is 0.181. The number of hydrogen-bond acceptors (Lipinski definition) is 3. The van der Waals surface area contributed by atoms with Crippen molar-refractivity contribution in [1.29, 1.82) is 10.7 Å². The van der Waals surface area contributed by atoms with Crippen LogP contribution >= 0.6 is 0 Å². The lowest BCUT2D eigenvalue weighted by molar-refractivity contribution is 1.47. The number of allylic oxidation sites excluding steroid dienone is 1. The van der Waals surface area contributed by atoms with Crippen molar-refractivity contribution < 1.29 is 0 Å². The smallest absolute Gasteiger partial charge is 0.102 e. The van der Waals surface area contributed by atoms with Gasteiger partial charge in [-0.15, -0.1) is 0 Å². The Bertz CT molecular complexity index is 128. The monoisotopic (exact) mass is 95.0 g/mol. The van der Waals surface area contributed by atoms with E-state index in [9.17, 15) is 0 Å². The number of rotatable bonds is 1. The molecule has 0 heterocycles. The minimum atomic E-state index is 0.181. The van der Waals surface area contributed by atoms with E-state index < -0.39 is 0 Å². The quantitative estimate of drug-likeness (QED) is 0.355. The number of nitrogens with one attached hydrogen (secondary N) is 1. The zero-order chi connectivity index (χ0) is 5.70. The fourth-order valence-corrected chi connectivity index (χ4v) is 0.118. The van der Waals surface area contributed by atoms with Crippen LogP contribution in [0.4, 0.5) is 0 Å². The van der Waals surface area contributed by atoms with E-state index >= 15 is 0 Å². The molecular formula is C4H5N3. The van der Waals surface area contributed by atoms with Crippen molar-refractivity contribution >= 4 is 6.21 Å². The first-order valence-corrected chi connectivity index (χ1v) is 1.67. The Labute approximate surface area is 41.6 Å². The second-order valence-electron chi connectivity index (χ2n) is 0.878. The summed E-state index contributed by atoms with van der Waals surface area (Å²) < 4.78 is 0. The Morgan fingerprint density at radius 2 is 2.43 bits per heavy atom. The summed E-state index contributed by atoms with van der Waals surface area (Å²) in [6, 6.07) is 1.69. The molecule has 0 aromatic heterocycles. The Hall–Kier alpha value is -1.30. The van der Waals surface area contributed by atoms with E-state index in [2.05, 4.69) is 0 Å². The van der Waals surface area contributed by atoms with E-state index in [1.807, 2.05) is 0 Å². The Morgan fingerprint density at radius 1 is 1.86 bits per heavy atom. The highest BCUT2D eigenvalue weighted by Gasteiger charge is 1.79. The standard InChI is InChI=1S/C4H5N3/c5-1-4(2-6)3-7/h1-2,5H,6H2/b4-2+,5-1?. The van der Waals surface area contributed by atoms with Crippen LogP contribution in [0, 0.1) is 16.7 Å². The number of nitrogens with zero attached hydrogens (tertiary/aromatic N) is 1. The van der Waals surface area contributed by atoms with Gasteiger partial charge in [0.25, 0.3) is 0 Å². The fourth-order valence-electron chi connectivity index (χ4n) is 0.118. The van der Waals surface area contributed by atoms with Crippen molar-refractivity contribution in [3.05, 3.63) is 11.8 Å². The molecule has 3 heteroatoms. The highest BCUT2D eigenvalue weighted by atomic mass is 14.5. The molecule has 0 bridgehead atoms. The highest BCUT2D eigenvalue weighted by molar-refractivity contribution is 5.80. The molecule has 0 atom stereocenters. The molecule has 0 aliphatic carbocycles. The molecule has 0 radical (unpaired) electrons. The summed E-state index contributed by atoms with van der Waals surface area (Å²) >= 11 is 0. The second kappa shape index (κ2) is 2.91. The summed E-state index contributed by atoms with van der Waals surface area (Å²) in [7, 11) is 0. The largest absolute Gasteiger partial charge is 0.403 e. The fraction of sp³-hybridized carbons (Fsp3) is 0. The van der Waals surface area contributed by atoms with Crippen LogP contribution in [0.15, 0.2) is 11.8 Å². The average Bonchev–Trinajstić information content (AvgIpc) is 1.72. The topological polar surface area (TPSA) is 73.7 Å². The van der Waals surface area contributed by atoms with Crippen LogP contribution in [0.3, 0.4) is 0 Å². The van der Waals surface area contributed by atoms with Crippen LogP contribution in [-0.4, -0.2) is 6.21 Å². The normalized spacial score (nSPS) is 9.86. The molecule has 0 unspecified atom stereocenters. The van der Waals surface area contributed by atoms with Gasteiger partial charge < -0.3 is 11.1 Å². The zero-order valence-corrected chi connectivity index (χ0v) is 3.68. The maximum absolute atomic E-state index is 7.98. The molecule has 3 nitrogen and oxygen atoms in total. The van der Waals surface area contributed by atoms with E-state index in [0.717, 1.165) is 12.4 Å². The molecule has 0 spiro atoms. The third kappa shape index (κ3) is 1.55. The van der Waals surface area contributed by atoms with E-state index in [1.165, 1.54) is 0 Å². The van der Waals surface area contributed by atoms with Crippen LogP contribution in [0.2, 0.25) is 0 Å². The lowest BCUT2D eigenvalue weighted by Crippen LogP contribution is -1.84. The van der Waals surface area contributed by atoms with Crippen molar-refractivity contribution in [3.63, 3.8) is 0 Å². The molecule has 0 aliphatic heterocycles. The van der Waals surface area contributed by atoms with Crippen LogP contribution in [0.1, 0.15) is 0 Å². The molecule has 0 saturated carbocycles. The minimum Gasteiger partial charge on any atom is -0.403 e. The van der Waals surface area contributed by atoms with Gasteiger partial charge in [0.15, 0.2) is 0 Å². The summed E-state index contributed by atoms with van der Waals surface area (Å²) in [6.07, 6.45) is 1.99. The maximum Gasteiger partial charge on any atom is 0.102 e. The van der Waals surface area contributed by atoms with Crippen molar-refractivity contribution in [3.8, 4) is 6.07 Å². The van der Waals surface area contributed by atoms with Gasteiger partial charge in [-0.1, -0.05) is 0 Å². The van der Waals surface area contributed by atoms with Gasteiger partial charge in [-0.3, -0.25) is 0 Å². The third-order valence-corrected chi connectivity index (χ3v) is 0.464. The average molecular weight is 95.1 g/mol. The summed E-state index contributed by atoms with van der Waals surface area (Å²) in [5.74, 6) is 0. The van der Waals surface area contributed by atoms with Crippen molar-refractivity contribution in [2.75, 3.05) is 0 Å². The highest BCUT2D eigenvalue weighted by Crippen LogP contribution is 1.77. The number of nitriles is 1. The summed E-state index contributed by atoms with van der Waals surface area (Å²) in [4.78, 5) is 0. The first-order valence-electron chi connectivity index (χ1n) is 1.67. The molecule has 0 aliphatic rings. The lowest BCUT2D eigenvalue weighted by Gasteiger charge is -1.73. The van der Waals surface area contributed by atoms with E-state index in [-0.39, 0.29) is 5.57 Å². The van der Waals surface area contributed by atoms with Crippen molar-refractivity contribution in [2.24, 2.45) is 5.73 Å². The van der Waals surface area contributed by atoms with E-state index in [1.54, 1.807) is 6.07 Å². The van der Waals surface area contributed by atoms with Gasteiger partial charge in [-0.05, 0) is 0 Å². The Morgan fingerprint density at radius 3 is 2.43 bits per heavy atom. The van der Waals surface area contributed by atoms with Crippen molar-refractivity contribution in [1.82, 2.24) is 0 Å². The summed E-state index contributed by atoms with van der Waals surface area (Å²) in [5.41, 5.74) is 5.04. The van der Waals surface area contributed by atoms with Gasteiger partial charge >= 0.3 is 0 Å². The predicted octanol–water partition coefficient (Wildman–Crippen LogP) is 0.00215. The molecule has 3 N–H and O–H groups in total. The first-order chi connectivity index (χ1) is 3.35. The van der Waals surface area contributed by atoms with Gasteiger partial charge in [0.2, 0.25) is 0 Å². The molecular weight excluding hydrogens is 90.1 g/mol. The Balaban J connectivity index is 3.94. The van der Waals surface area contributed by atoms with Crippen molar-refractivity contribution in [2.45, 2.75) is 0 Å². The first kappa shape index (κ1) is 5.70. The van der Waals surface area contributed by atoms with E-state index in [4.69, 9.17) is 16.4 Å². The van der Waals surface area contributed by atoms with Gasteiger partial charge in [0, 0.05) is 12.4 Å². The van der Waals surface area contributed by atoms with Crippen LogP contribution in [-0.2, 0) is 0 Å². The van der Waals surface area contributed by atoms with Crippen LogP contribution in [0.5, 0.6) is 0 Å². The molecule has 0 fully saturated rings. The SMILES string of the molecule is N#C/C(C=N)=C/N. The molecule has 0 aromatic carbocycles. The number of hydrogen-bond donors (Lipinski definition) is 2. The summed E-state index contributed by atoms with van der Waals surface area (Å²) in [6.45, 7) is 0. The lowest BCUT2D eigenvalue weighted by atomic mass is 10.4. The third-order valence-electron chi connectivity index (χ3n) is 0.464. The van der Waals surface area contributed by atoms with Crippen LogP contribution in [0.25, 0.3) is 0 Å². The van der Waals surface area contributed by atoms with Gasteiger partial charge in [0.05, 0.1) is 5.57 Å². The Kier molecular flexibility index (Phi) is 2.37. The molecule has 7 heavy (non-hydrogen) atoms. The van der Waals surface area contributed by atoms with Gasteiger partial charge in [0.1, 0.15) is 6.07 Å². The van der Waals surface area contributed by atoms with Gasteiger partial charge in [-0.2, -0.15) is 5.26 Å².